The zero-order valence-corrected chi connectivity index (χ0v) is 36.6. The Kier molecular flexibility index (Phi) is 7.52. The van der Waals surface area contributed by atoms with Gasteiger partial charge in [-0.15, -0.1) is 0 Å². The Morgan fingerprint density at radius 1 is 0.209 bits per heavy atom. The van der Waals surface area contributed by atoms with Crippen LogP contribution in [0, 0.1) is 0 Å². The predicted octanol–water partition coefficient (Wildman–Crippen LogP) is 18.0. The lowest BCUT2D eigenvalue weighted by Gasteiger charge is -2.32. The van der Waals surface area contributed by atoms with Crippen molar-refractivity contribution in [3.63, 3.8) is 0 Å². The fourth-order valence-electron chi connectivity index (χ4n) is 12.8. The molecule has 0 N–H and O–H groups in total. The Hall–Kier alpha value is -8.58. The lowest BCUT2D eigenvalue weighted by Crippen LogP contribution is -2.26. The van der Waals surface area contributed by atoms with Gasteiger partial charge in [0.15, 0.2) is 0 Å². The molecule has 0 saturated heterocycles. The summed E-state index contributed by atoms with van der Waals surface area (Å²) in [5.74, 6) is 0. The molecular weight excluding hydrogens is 805 g/mol. The summed E-state index contributed by atoms with van der Waals surface area (Å²) >= 11 is 0. The molecular formula is C67H40. The smallest absolute Gasteiger partial charge is 0.0619 e. The van der Waals surface area contributed by atoms with Crippen LogP contribution in [0.15, 0.2) is 243 Å². The van der Waals surface area contributed by atoms with Crippen LogP contribution in [0.3, 0.4) is 0 Å². The average molecular weight is 845 g/mol. The van der Waals surface area contributed by atoms with Gasteiger partial charge >= 0.3 is 0 Å². The maximum Gasteiger partial charge on any atom is 0.0731 e. The summed E-state index contributed by atoms with van der Waals surface area (Å²) in [6.07, 6.45) is 0. The highest BCUT2D eigenvalue weighted by Crippen LogP contribution is 2.66. The maximum atomic E-state index is 2.56. The summed E-state index contributed by atoms with van der Waals surface area (Å²) in [7, 11) is 0. The third-order valence-electron chi connectivity index (χ3n) is 15.4. The van der Waals surface area contributed by atoms with Crippen molar-refractivity contribution in [3.8, 4) is 55.6 Å². The molecule has 0 unspecified atom stereocenters. The first-order valence-corrected chi connectivity index (χ1v) is 23.5. The van der Waals surface area contributed by atoms with Crippen molar-refractivity contribution in [2.24, 2.45) is 0 Å². The molecule has 1 spiro atoms. The van der Waals surface area contributed by atoms with E-state index in [4.69, 9.17) is 0 Å². The lowest BCUT2D eigenvalue weighted by molar-refractivity contribution is 0.803. The molecule has 0 nitrogen and oxygen atoms in total. The molecule has 0 radical (unpaired) electrons. The molecule has 0 heterocycles. The van der Waals surface area contributed by atoms with E-state index in [1.165, 1.54) is 143 Å². The minimum Gasteiger partial charge on any atom is -0.0619 e. The van der Waals surface area contributed by atoms with E-state index in [2.05, 4.69) is 243 Å². The molecule has 13 aromatic rings. The van der Waals surface area contributed by atoms with E-state index >= 15 is 0 Å². The fraction of sp³-hybridized carbons (Fsp3) is 0.0149. The van der Waals surface area contributed by atoms with E-state index in [1.54, 1.807) is 0 Å². The molecule has 0 aromatic heterocycles. The van der Waals surface area contributed by atoms with E-state index in [0.29, 0.717) is 0 Å². The van der Waals surface area contributed by atoms with Crippen LogP contribution in [0.1, 0.15) is 22.3 Å². The van der Waals surface area contributed by atoms with Crippen LogP contribution in [0.5, 0.6) is 0 Å². The van der Waals surface area contributed by atoms with Crippen LogP contribution in [0.4, 0.5) is 0 Å². The highest BCUT2D eigenvalue weighted by atomic mass is 14.5. The van der Waals surface area contributed by atoms with Gasteiger partial charge in [-0.05, 0) is 167 Å². The summed E-state index contributed by atoms with van der Waals surface area (Å²) < 4.78 is 0. The Morgan fingerprint density at radius 3 is 1.33 bits per heavy atom. The monoisotopic (exact) mass is 844 g/mol. The Bertz CT molecular complexity index is 4170. The normalized spacial score (nSPS) is 13.2. The quantitative estimate of drug-likeness (QED) is 0.123. The lowest BCUT2D eigenvalue weighted by atomic mass is 9.69. The van der Waals surface area contributed by atoms with E-state index in [-0.39, 0.29) is 0 Å². The number of hydrogen-bond acceptors (Lipinski definition) is 0. The number of rotatable bonds is 3. The summed E-state index contributed by atoms with van der Waals surface area (Å²) in [4.78, 5) is 0. The van der Waals surface area contributed by atoms with Gasteiger partial charge in [0.2, 0.25) is 0 Å². The summed E-state index contributed by atoms with van der Waals surface area (Å²) in [5, 5.41) is 15.3. The summed E-state index contributed by atoms with van der Waals surface area (Å²) in [5.41, 5.74) is 17.8. The predicted molar refractivity (Wildman–Crippen MR) is 284 cm³/mol. The van der Waals surface area contributed by atoms with Crippen molar-refractivity contribution in [1.82, 2.24) is 0 Å². The first kappa shape index (κ1) is 36.7. The molecule has 308 valence electrons. The van der Waals surface area contributed by atoms with Gasteiger partial charge in [0.05, 0.1) is 5.41 Å². The fourth-order valence-corrected chi connectivity index (χ4v) is 12.8. The average Bonchev–Trinajstić information content (AvgIpc) is 3.86. The SMILES string of the molecule is c1cc(-c2cccc3ccccc23)cc(-c2c3ccccc3c(-c3ccc4cc5c(cc4c3)C3(c4ccccc4-c4ccccc43)c3c-5c4ccccc4c4ccccc34)c3ccccc23)c1. The molecule has 0 aliphatic heterocycles. The molecule has 0 fully saturated rings. The van der Waals surface area contributed by atoms with Gasteiger partial charge in [-0.2, -0.15) is 0 Å². The second kappa shape index (κ2) is 13.7. The molecule has 15 rings (SSSR count). The van der Waals surface area contributed by atoms with E-state index in [1.807, 2.05) is 0 Å². The largest absolute Gasteiger partial charge is 0.0731 e. The van der Waals surface area contributed by atoms with Crippen LogP contribution in [0.25, 0.3) is 120 Å². The number of fused-ring (bicyclic) bond motifs is 19. The van der Waals surface area contributed by atoms with Gasteiger partial charge in [0.25, 0.3) is 0 Å². The third-order valence-corrected chi connectivity index (χ3v) is 15.4. The molecule has 2 aliphatic rings. The molecule has 13 aromatic carbocycles. The minimum atomic E-state index is -0.493. The van der Waals surface area contributed by atoms with E-state index < -0.39 is 5.41 Å². The third kappa shape index (κ3) is 4.92. The van der Waals surface area contributed by atoms with Crippen molar-refractivity contribution in [2.45, 2.75) is 5.41 Å². The molecule has 0 heteroatoms. The molecule has 0 bridgehead atoms. The van der Waals surface area contributed by atoms with E-state index in [9.17, 15) is 0 Å². The second-order valence-corrected chi connectivity index (χ2v) is 18.6. The highest BCUT2D eigenvalue weighted by molar-refractivity contribution is 6.23. The molecule has 0 amide bonds. The second-order valence-electron chi connectivity index (χ2n) is 18.6. The minimum absolute atomic E-state index is 0.493. The Morgan fingerprint density at radius 2 is 0.672 bits per heavy atom. The van der Waals surface area contributed by atoms with Crippen molar-refractivity contribution >= 4 is 64.6 Å². The van der Waals surface area contributed by atoms with Crippen LogP contribution < -0.4 is 0 Å². The van der Waals surface area contributed by atoms with Crippen LogP contribution in [-0.2, 0) is 5.41 Å². The molecule has 2 aliphatic carbocycles. The molecule has 67 heavy (non-hydrogen) atoms. The number of hydrogen-bond donors (Lipinski definition) is 0. The standard InChI is InChI=1S/C67H40/c1-2-21-47-41(17-1)18-16-32-48(47)43-19-15-20-44(37-43)63-54-27-6-8-29-56(54)64(57-30-9-7-28-55(57)63)45-36-35-42-39-59-62(40-46(42)38-45)67(60-33-13-11-24-51(60)52-25-12-14-34-61(52)67)66-58-31-10-4-23-50(58)49-22-3-5-26-53(49)65(59)66/h1-40H. The highest BCUT2D eigenvalue weighted by Gasteiger charge is 2.53. The van der Waals surface area contributed by atoms with Gasteiger partial charge in [-0.3, -0.25) is 0 Å². The molecule has 0 atom stereocenters. The molecule has 0 saturated carbocycles. The van der Waals surface area contributed by atoms with Crippen molar-refractivity contribution in [1.29, 1.82) is 0 Å². The maximum absolute atomic E-state index is 2.56. The Balaban J connectivity index is 0.995. The topological polar surface area (TPSA) is 0 Å². The zero-order chi connectivity index (χ0) is 43.8. The van der Waals surface area contributed by atoms with Gasteiger partial charge in [-0.1, -0.05) is 218 Å². The van der Waals surface area contributed by atoms with Crippen molar-refractivity contribution in [3.05, 3.63) is 265 Å². The first-order chi connectivity index (χ1) is 33.3. The first-order valence-electron chi connectivity index (χ1n) is 23.5. The van der Waals surface area contributed by atoms with Crippen LogP contribution in [-0.4, -0.2) is 0 Å². The Labute approximate surface area is 388 Å². The summed E-state index contributed by atoms with van der Waals surface area (Å²) in [6.45, 7) is 0. The number of benzene rings is 13. The van der Waals surface area contributed by atoms with Gasteiger partial charge < -0.3 is 0 Å². The van der Waals surface area contributed by atoms with Crippen molar-refractivity contribution < 1.29 is 0 Å². The van der Waals surface area contributed by atoms with Crippen molar-refractivity contribution in [2.75, 3.05) is 0 Å². The van der Waals surface area contributed by atoms with Crippen LogP contribution >= 0.6 is 0 Å². The van der Waals surface area contributed by atoms with E-state index in [0.717, 1.165) is 0 Å². The van der Waals surface area contributed by atoms with Gasteiger partial charge in [0.1, 0.15) is 0 Å². The summed E-state index contributed by atoms with van der Waals surface area (Å²) in [6, 6.07) is 91.5. The van der Waals surface area contributed by atoms with Gasteiger partial charge in [-0.25, -0.2) is 0 Å². The van der Waals surface area contributed by atoms with Gasteiger partial charge in [0, 0.05) is 0 Å². The van der Waals surface area contributed by atoms with Crippen LogP contribution in [0.2, 0.25) is 0 Å². The zero-order valence-electron chi connectivity index (χ0n) is 36.6.